The molecule has 0 fully saturated rings. The number of halogens is 3. The van der Waals surface area contributed by atoms with Gasteiger partial charge in [0.15, 0.2) is 5.69 Å². The van der Waals surface area contributed by atoms with Gasteiger partial charge in [-0.25, -0.2) is 13.5 Å². The van der Waals surface area contributed by atoms with Gasteiger partial charge in [0, 0.05) is 10.5 Å². The Morgan fingerprint density at radius 2 is 1.93 bits per heavy atom. The Hall–Kier alpha value is -3.14. The quantitative estimate of drug-likeness (QED) is 0.657. The number of carbonyl (C=O) groups is 2. The number of aromatic nitrogens is 3. The molecule has 2 aromatic carbocycles. The summed E-state index contributed by atoms with van der Waals surface area (Å²) in [5.41, 5.74) is 5.11. The number of hydrogen-bond donors (Lipinski definition) is 2. The van der Waals surface area contributed by atoms with Crippen LogP contribution in [0.4, 0.5) is 14.5 Å². The molecule has 3 N–H and O–H groups in total. The lowest BCUT2D eigenvalue weighted by Crippen LogP contribution is -2.18. The van der Waals surface area contributed by atoms with Crippen LogP contribution in [0.1, 0.15) is 26.5 Å². The highest BCUT2D eigenvalue weighted by atomic mass is 79.9. The molecule has 0 saturated heterocycles. The predicted octanol–water partition coefficient (Wildman–Crippen LogP) is 2.97. The van der Waals surface area contributed by atoms with E-state index < -0.39 is 34.7 Å². The fourth-order valence-electron chi connectivity index (χ4n) is 2.41. The first kappa shape index (κ1) is 18.6. The van der Waals surface area contributed by atoms with Crippen LogP contribution in [0.3, 0.4) is 0 Å². The summed E-state index contributed by atoms with van der Waals surface area (Å²) in [4.78, 5) is 23.7. The van der Waals surface area contributed by atoms with E-state index in [1.54, 1.807) is 25.1 Å². The highest BCUT2D eigenvalue weighted by Crippen LogP contribution is 2.21. The molecule has 0 aliphatic heterocycles. The molecule has 0 aliphatic carbocycles. The van der Waals surface area contributed by atoms with Gasteiger partial charge in [0.2, 0.25) is 0 Å². The summed E-state index contributed by atoms with van der Waals surface area (Å²) < 4.78 is 29.7. The molecule has 3 rings (SSSR count). The van der Waals surface area contributed by atoms with E-state index in [0.717, 1.165) is 10.5 Å². The second-order valence-corrected chi connectivity index (χ2v) is 6.46. The molecular formula is C17H12BrF2N5O2. The number of nitrogens with zero attached hydrogens (tertiary/aromatic N) is 3. The van der Waals surface area contributed by atoms with Crippen molar-refractivity contribution >= 4 is 33.4 Å². The zero-order chi connectivity index (χ0) is 19.7. The summed E-state index contributed by atoms with van der Waals surface area (Å²) in [6.45, 7) is 1.62. The van der Waals surface area contributed by atoms with Gasteiger partial charge in [-0.05, 0) is 31.2 Å². The number of nitrogens with one attached hydrogen (secondary N) is 1. The minimum atomic E-state index is -1.12. The van der Waals surface area contributed by atoms with Gasteiger partial charge >= 0.3 is 0 Å². The molecular weight excluding hydrogens is 424 g/mol. The van der Waals surface area contributed by atoms with E-state index in [2.05, 4.69) is 31.6 Å². The molecule has 0 spiro atoms. The van der Waals surface area contributed by atoms with Crippen LogP contribution in [-0.4, -0.2) is 26.8 Å². The summed E-state index contributed by atoms with van der Waals surface area (Å²) in [5, 5.41) is 10.0. The Bertz CT molecular complexity index is 1070. The maximum atomic E-state index is 13.9. The van der Waals surface area contributed by atoms with E-state index in [1.165, 1.54) is 4.68 Å². The zero-order valence-electron chi connectivity index (χ0n) is 13.8. The van der Waals surface area contributed by atoms with Crippen molar-refractivity contribution in [1.29, 1.82) is 0 Å². The molecule has 1 aromatic heterocycles. The van der Waals surface area contributed by atoms with Crippen LogP contribution in [0.2, 0.25) is 0 Å². The van der Waals surface area contributed by atoms with Gasteiger partial charge in [-0.2, -0.15) is 0 Å². The molecule has 27 heavy (non-hydrogen) atoms. The highest BCUT2D eigenvalue weighted by molar-refractivity contribution is 9.10. The van der Waals surface area contributed by atoms with Crippen LogP contribution in [0.25, 0.3) is 5.69 Å². The average molecular weight is 436 g/mol. The van der Waals surface area contributed by atoms with Gasteiger partial charge in [-0.15, -0.1) is 5.10 Å². The van der Waals surface area contributed by atoms with Crippen LogP contribution in [-0.2, 0) is 0 Å². The van der Waals surface area contributed by atoms with E-state index in [9.17, 15) is 18.4 Å². The van der Waals surface area contributed by atoms with E-state index >= 15 is 0 Å². The third kappa shape index (κ3) is 3.70. The molecule has 0 bridgehead atoms. The molecule has 10 heteroatoms. The van der Waals surface area contributed by atoms with Crippen LogP contribution in [0, 0.1) is 18.6 Å². The Balaban J connectivity index is 1.92. The standard InChI is InChI=1S/C17H12BrF2N5O2/c1-8-15(23-24-25(8)10-4-2-3-9(18)5-10)17(27)22-14-6-11(16(21)26)12(19)7-13(14)20/h2-7H,1H3,(H2,21,26)(H,22,27). The number of carbonyl (C=O) groups excluding carboxylic acids is 2. The largest absolute Gasteiger partial charge is 0.366 e. The van der Waals surface area contributed by atoms with Crippen molar-refractivity contribution in [2.24, 2.45) is 5.73 Å². The van der Waals surface area contributed by atoms with Gasteiger partial charge in [0.05, 0.1) is 22.6 Å². The van der Waals surface area contributed by atoms with Crippen LogP contribution in [0.15, 0.2) is 40.9 Å². The van der Waals surface area contributed by atoms with Gasteiger partial charge in [0.1, 0.15) is 11.6 Å². The summed E-state index contributed by atoms with van der Waals surface area (Å²) in [5.74, 6) is -4.02. The first-order valence-corrected chi connectivity index (χ1v) is 8.35. The molecule has 1 heterocycles. The van der Waals surface area contributed by atoms with Crippen LogP contribution >= 0.6 is 15.9 Å². The number of primary amides is 1. The van der Waals surface area contributed by atoms with Crippen molar-refractivity contribution in [3.05, 3.63) is 69.5 Å². The van der Waals surface area contributed by atoms with Crippen molar-refractivity contribution in [2.75, 3.05) is 5.32 Å². The lowest BCUT2D eigenvalue weighted by molar-refractivity contribution is 0.0991. The van der Waals surface area contributed by atoms with E-state index in [-0.39, 0.29) is 5.69 Å². The topological polar surface area (TPSA) is 103 Å². The number of nitrogens with two attached hydrogens (primary N) is 1. The monoisotopic (exact) mass is 435 g/mol. The molecule has 7 nitrogen and oxygen atoms in total. The molecule has 0 unspecified atom stereocenters. The van der Waals surface area contributed by atoms with Crippen molar-refractivity contribution in [2.45, 2.75) is 6.92 Å². The minimum Gasteiger partial charge on any atom is -0.366 e. The first-order valence-electron chi connectivity index (χ1n) is 7.56. The normalized spacial score (nSPS) is 10.7. The maximum absolute atomic E-state index is 13.9. The number of amides is 2. The van der Waals surface area contributed by atoms with Crippen LogP contribution in [0.5, 0.6) is 0 Å². The third-order valence-electron chi connectivity index (χ3n) is 3.73. The maximum Gasteiger partial charge on any atom is 0.278 e. The number of anilines is 1. The summed E-state index contributed by atoms with van der Waals surface area (Å²) in [7, 11) is 0. The summed E-state index contributed by atoms with van der Waals surface area (Å²) in [6.07, 6.45) is 0. The second kappa shape index (κ2) is 7.23. The van der Waals surface area contributed by atoms with Gasteiger partial charge in [-0.1, -0.05) is 27.2 Å². The molecule has 3 aromatic rings. The third-order valence-corrected chi connectivity index (χ3v) is 4.23. The minimum absolute atomic E-state index is 0.0562. The first-order chi connectivity index (χ1) is 12.8. The van der Waals surface area contributed by atoms with Crippen molar-refractivity contribution in [3.63, 3.8) is 0 Å². The molecule has 0 saturated carbocycles. The van der Waals surface area contributed by atoms with E-state index in [1.807, 2.05) is 6.07 Å². The SMILES string of the molecule is Cc1c(C(=O)Nc2cc(C(N)=O)c(F)cc2F)nnn1-c1cccc(Br)c1. The smallest absolute Gasteiger partial charge is 0.278 e. The summed E-state index contributed by atoms with van der Waals surface area (Å²) >= 11 is 3.35. The van der Waals surface area contributed by atoms with Crippen molar-refractivity contribution < 1.29 is 18.4 Å². The van der Waals surface area contributed by atoms with Crippen LogP contribution < -0.4 is 11.1 Å². The molecule has 2 amide bonds. The molecule has 0 atom stereocenters. The van der Waals surface area contributed by atoms with Gasteiger partial charge in [0.25, 0.3) is 11.8 Å². The Morgan fingerprint density at radius 1 is 1.19 bits per heavy atom. The highest BCUT2D eigenvalue weighted by Gasteiger charge is 2.21. The number of hydrogen-bond acceptors (Lipinski definition) is 4. The predicted molar refractivity (Wildman–Crippen MR) is 96.6 cm³/mol. The van der Waals surface area contributed by atoms with Crippen molar-refractivity contribution in [1.82, 2.24) is 15.0 Å². The van der Waals surface area contributed by atoms with E-state index in [4.69, 9.17) is 5.73 Å². The zero-order valence-corrected chi connectivity index (χ0v) is 15.4. The average Bonchev–Trinajstić information content (AvgIpc) is 2.98. The van der Waals surface area contributed by atoms with Gasteiger partial charge < -0.3 is 11.1 Å². The molecule has 138 valence electrons. The molecule has 0 radical (unpaired) electrons. The Morgan fingerprint density at radius 3 is 2.59 bits per heavy atom. The van der Waals surface area contributed by atoms with E-state index in [0.29, 0.717) is 17.4 Å². The van der Waals surface area contributed by atoms with Gasteiger partial charge in [-0.3, -0.25) is 9.59 Å². The van der Waals surface area contributed by atoms with Crippen molar-refractivity contribution in [3.8, 4) is 5.69 Å². The lowest BCUT2D eigenvalue weighted by atomic mass is 10.1. The summed E-state index contributed by atoms with van der Waals surface area (Å²) in [6, 6.07) is 8.48. The Kier molecular flexibility index (Phi) is 5.00. The fourth-order valence-corrected chi connectivity index (χ4v) is 2.79. The fraction of sp³-hybridized carbons (Fsp3) is 0.0588. The number of benzene rings is 2. The number of rotatable bonds is 4. The molecule has 0 aliphatic rings. The Labute approximate surface area is 160 Å². The second-order valence-electron chi connectivity index (χ2n) is 5.55. The lowest BCUT2D eigenvalue weighted by Gasteiger charge is -2.08.